The van der Waals surface area contributed by atoms with Crippen molar-refractivity contribution in [2.45, 2.75) is 117 Å². The van der Waals surface area contributed by atoms with Crippen LogP contribution in [0.15, 0.2) is 29.1 Å². The molecule has 1 amide bonds. The summed E-state index contributed by atoms with van der Waals surface area (Å²) in [6, 6.07) is 7.40. The highest BCUT2D eigenvalue weighted by molar-refractivity contribution is 6.74. The fourth-order valence-electron chi connectivity index (χ4n) is 4.66. The van der Waals surface area contributed by atoms with Gasteiger partial charge in [-0.25, -0.2) is 4.98 Å². The van der Waals surface area contributed by atoms with E-state index in [-0.39, 0.29) is 51.2 Å². The lowest BCUT2D eigenvalue weighted by molar-refractivity contribution is -0.118. The number of H-pyrrole nitrogens is 1. The summed E-state index contributed by atoms with van der Waals surface area (Å²) in [6.45, 7) is 26.2. The van der Waals surface area contributed by atoms with E-state index in [1.807, 2.05) is 24.3 Å². The molecular weight excluding hydrogens is 633 g/mol. The second kappa shape index (κ2) is 13.5. The van der Waals surface area contributed by atoms with Gasteiger partial charge in [-0.05, 0) is 60.5 Å². The molecule has 0 unspecified atom stereocenters. The highest BCUT2D eigenvalue weighted by atomic mass is 28.4. The van der Waals surface area contributed by atoms with E-state index in [9.17, 15) is 9.59 Å². The van der Waals surface area contributed by atoms with Gasteiger partial charge in [0.05, 0.1) is 19.8 Å². The molecule has 0 saturated carbocycles. The standard InChI is InChI=1S/C33H54N6O6Si2/c1-20(2)28(40)37-30-36-27-26(29(41)38-30)35-31(34-21-14-16-22(42-9)17-15-21)39(27)25-18-23(45-47(12,13)33(6,7)8)24(44-25)19-43-46(10,11)32(3,4)5/h14-17,20,23-25H,18-19H2,1-13H3,(H,34,35)(H2,36,37,38,40,41)/t23-,24+,25+/m0/s1. The summed E-state index contributed by atoms with van der Waals surface area (Å²) in [7, 11) is -2.71. The number of ether oxygens (including phenoxy) is 2. The van der Waals surface area contributed by atoms with Crippen LogP contribution in [0.4, 0.5) is 17.6 Å². The van der Waals surface area contributed by atoms with Gasteiger partial charge in [0.1, 0.15) is 18.1 Å². The maximum absolute atomic E-state index is 13.4. The number of imidazole rings is 1. The second-order valence-electron chi connectivity index (χ2n) is 15.7. The van der Waals surface area contributed by atoms with E-state index in [0.717, 1.165) is 5.69 Å². The van der Waals surface area contributed by atoms with Crippen molar-refractivity contribution in [2.75, 3.05) is 24.4 Å². The van der Waals surface area contributed by atoms with Gasteiger partial charge in [-0.2, -0.15) is 4.98 Å². The molecule has 0 bridgehead atoms. The Balaban J connectivity index is 1.81. The lowest BCUT2D eigenvalue weighted by Gasteiger charge is -2.40. The number of carbonyl (C=O) groups excluding carboxylic acids is 1. The average molecular weight is 687 g/mol. The number of hydrogen-bond acceptors (Lipinski definition) is 9. The van der Waals surface area contributed by atoms with E-state index in [0.29, 0.717) is 24.7 Å². The number of nitrogens with one attached hydrogen (secondary N) is 3. The Hall–Kier alpha value is -3.05. The van der Waals surface area contributed by atoms with Crippen LogP contribution in [-0.4, -0.2) is 68.0 Å². The molecular formula is C33H54N6O6Si2. The van der Waals surface area contributed by atoms with Crippen LogP contribution in [0.2, 0.25) is 36.3 Å². The Morgan fingerprint density at radius 1 is 1.04 bits per heavy atom. The Bertz CT molecular complexity index is 1620. The molecule has 1 aliphatic rings. The van der Waals surface area contributed by atoms with Gasteiger partial charge >= 0.3 is 0 Å². The molecule has 1 fully saturated rings. The van der Waals surface area contributed by atoms with Gasteiger partial charge < -0.3 is 23.6 Å². The van der Waals surface area contributed by atoms with E-state index in [1.165, 1.54) is 0 Å². The van der Waals surface area contributed by atoms with E-state index < -0.39 is 28.4 Å². The predicted octanol–water partition coefficient (Wildman–Crippen LogP) is 7.17. The van der Waals surface area contributed by atoms with Crippen molar-refractivity contribution in [2.24, 2.45) is 5.92 Å². The zero-order chi connectivity index (χ0) is 35.1. The maximum Gasteiger partial charge on any atom is 0.280 e. The number of rotatable bonds is 11. The Morgan fingerprint density at radius 2 is 1.66 bits per heavy atom. The third kappa shape index (κ3) is 8.16. The highest BCUT2D eigenvalue weighted by Gasteiger charge is 2.47. The van der Waals surface area contributed by atoms with Gasteiger partial charge in [0.2, 0.25) is 17.8 Å². The molecule has 3 aromatic rings. The van der Waals surface area contributed by atoms with Gasteiger partial charge in [-0.1, -0.05) is 55.4 Å². The van der Waals surface area contributed by atoms with Crippen LogP contribution in [0.5, 0.6) is 5.75 Å². The minimum atomic E-state index is -2.22. The molecule has 3 atom stereocenters. The molecule has 3 N–H and O–H groups in total. The number of carbonyl (C=O) groups is 1. The summed E-state index contributed by atoms with van der Waals surface area (Å²) in [5, 5.41) is 6.09. The number of amides is 1. The first kappa shape index (κ1) is 36.8. The fourth-order valence-corrected chi connectivity index (χ4v) is 7.04. The maximum atomic E-state index is 13.4. The molecule has 1 saturated heterocycles. The van der Waals surface area contributed by atoms with E-state index in [4.69, 9.17) is 28.3 Å². The van der Waals surface area contributed by atoms with Crippen LogP contribution >= 0.6 is 0 Å². The SMILES string of the molecule is COc1ccc(Nc2nc3c(=O)[nH]c(NC(=O)C(C)C)nc3n2[C@H]2C[C@H](O[Si](C)(C)C(C)(C)C)[C@@H](CO[Si](C)(C)C(C)(C)C)O2)cc1. The number of hydrogen-bond donors (Lipinski definition) is 3. The monoisotopic (exact) mass is 686 g/mol. The normalized spacial score (nSPS) is 19.4. The molecule has 260 valence electrons. The largest absolute Gasteiger partial charge is 0.497 e. The molecule has 0 radical (unpaired) electrons. The summed E-state index contributed by atoms with van der Waals surface area (Å²) in [5.41, 5.74) is 0.660. The summed E-state index contributed by atoms with van der Waals surface area (Å²) >= 11 is 0. The van der Waals surface area contributed by atoms with Gasteiger partial charge in [0, 0.05) is 18.0 Å². The third-order valence-electron chi connectivity index (χ3n) is 9.80. The number of benzene rings is 1. The Morgan fingerprint density at radius 3 is 2.21 bits per heavy atom. The molecule has 1 aromatic carbocycles. The summed E-state index contributed by atoms with van der Waals surface area (Å²) in [6.07, 6.45) is -0.731. The number of fused-ring (bicyclic) bond motifs is 1. The van der Waals surface area contributed by atoms with Crippen molar-refractivity contribution >= 4 is 51.3 Å². The fraction of sp³-hybridized carbons (Fsp3) is 0.636. The number of anilines is 3. The van der Waals surface area contributed by atoms with Gasteiger partial charge in [0.25, 0.3) is 5.56 Å². The minimum Gasteiger partial charge on any atom is -0.497 e. The van der Waals surface area contributed by atoms with E-state index in [1.54, 1.807) is 25.5 Å². The topological polar surface area (TPSA) is 142 Å². The molecule has 12 nitrogen and oxygen atoms in total. The number of nitrogens with zero attached hydrogens (tertiary/aromatic N) is 3. The van der Waals surface area contributed by atoms with Crippen LogP contribution in [0.25, 0.3) is 11.2 Å². The van der Waals surface area contributed by atoms with Crippen LogP contribution < -0.4 is 20.9 Å². The van der Waals surface area contributed by atoms with Crippen molar-refractivity contribution in [3.05, 3.63) is 34.6 Å². The van der Waals surface area contributed by atoms with Gasteiger partial charge in [0.15, 0.2) is 27.8 Å². The first-order valence-corrected chi connectivity index (χ1v) is 22.2. The minimum absolute atomic E-state index is 0.0168. The lowest BCUT2D eigenvalue weighted by atomic mass is 10.2. The van der Waals surface area contributed by atoms with E-state index in [2.05, 4.69) is 83.3 Å². The van der Waals surface area contributed by atoms with Crippen LogP contribution in [0.3, 0.4) is 0 Å². The average Bonchev–Trinajstić information content (AvgIpc) is 3.51. The van der Waals surface area contributed by atoms with Crippen molar-refractivity contribution in [3.8, 4) is 5.75 Å². The Labute approximate surface area is 280 Å². The number of aromatic nitrogens is 4. The zero-order valence-corrected chi connectivity index (χ0v) is 32.3. The van der Waals surface area contributed by atoms with Crippen LogP contribution in [0.1, 0.15) is 68.0 Å². The smallest absolute Gasteiger partial charge is 0.280 e. The van der Waals surface area contributed by atoms with Gasteiger partial charge in [-0.15, -0.1) is 0 Å². The summed E-state index contributed by atoms with van der Waals surface area (Å²) in [5.74, 6) is 0.557. The molecule has 1 aliphatic heterocycles. The molecule has 3 heterocycles. The van der Waals surface area contributed by atoms with Crippen LogP contribution in [-0.2, 0) is 18.4 Å². The lowest BCUT2D eigenvalue weighted by Crippen LogP contribution is -2.48. The molecule has 2 aromatic heterocycles. The van der Waals surface area contributed by atoms with Crippen molar-refractivity contribution in [1.82, 2.24) is 19.5 Å². The predicted molar refractivity (Wildman–Crippen MR) is 192 cm³/mol. The molecule has 0 spiro atoms. The molecule has 14 heteroatoms. The third-order valence-corrected chi connectivity index (χ3v) is 18.8. The Kier molecular flexibility index (Phi) is 10.5. The van der Waals surface area contributed by atoms with Crippen molar-refractivity contribution in [3.63, 3.8) is 0 Å². The number of aromatic amines is 1. The molecule has 0 aliphatic carbocycles. The summed E-state index contributed by atoms with van der Waals surface area (Å²) in [4.78, 5) is 38.0. The molecule has 47 heavy (non-hydrogen) atoms. The second-order valence-corrected chi connectivity index (χ2v) is 25.3. The van der Waals surface area contributed by atoms with E-state index >= 15 is 0 Å². The first-order valence-electron chi connectivity index (χ1n) is 16.3. The van der Waals surface area contributed by atoms with Crippen molar-refractivity contribution in [1.29, 1.82) is 0 Å². The zero-order valence-electron chi connectivity index (χ0n) is 30.3. The van der Waals surface area contributed by atoms with Crippen molar-refractivity contribution < 1.29 is 23.1 Å². The highest BCUT2D eigenvalue weighted by Crippen LogP contribution is 2.43. The first-order chi connectivity index (χ1) is 21.6. The van der Waals surface area contributed by atoms with Gasteiger partial charge in [-0.3, -0.25) is 24.5 Å². The van der Waals surface area contributed by atoms with Crippen LogP contribution in [0, 0.1) is 5.92 Å². The quantitative estimate of drug-likeness (QED) is 0.179. The summed E-state index contributed by atoms with van der Waals surface area (Å²) < 4.78 is 27.7. The molecule has 4 rings (SSSR count). The number of methoxy groups -OCH3 is 1.